The molecule has 0 unspecified atom stereocenters. The zero-order valence-electron chi connectivity index (χ0n) is 7.22. The van der Waals surface area contributed by atoms with Gasteiger partial charge >= 0.3 is 0 Å². The second-order valence-corrected chi connectivity index (χ2v) is 3.33. The van der Waals surface area contributed by atoms with Crippen LogP contribution in [0, 0.1) is 6.92 Å². The predicted octanol–water partition coefficient (Wildman–Crippen LogP) is 2.66. The third kappa shape index (κ3) is 1.81. The van der Waals surface area contributed by atoms with Gasteiger partial charge in [0.05, 0.1) is 0 Å². The summed E-state index contributed by atoms with van der Waals surface area (Å²) in [5.41, 5.74) is 0.998. The van der Waals surface area contributed by atoms with Gasteiger partial charge in [0.2, 0.25) is 0 Å². The minimum absolute atomic E-state index is 0.889. The van der Waals surface area contributed by atoms with E-state index >= 15 is 0 Å². The summed E-state index contributed by atoms with van der Waals surface area (Å²) in [5, 5.41) is 11.5. The number of benzene rings is 1. The van der Waals surface area contributed by atoms with Gasteiger partial charge in [0.25, 0.3) is 0 Å². The summed E-state index contributed by atoms with van der Waals surface area (Å²) in [4.78, 5) is 0. The van der Waals surface area contributed by atoms with Crippen molar-refractivity contribution in [2.45, 2.75) is 26.4 Å². The van der Waals surface area contributed by atoms with Crippen LogP contribution < -0.4 is 0 Å². The average molecular weight is 149 g/mol. The Labute approximate surface area is 67.7 Å². The summed E-state index contributed by atoms with van der Waals surface area (Å²) in [7, 11) is 0. The van der Waals surface area contributed by atoms with Gasteiger partial charge in [-0.2, -0.15) is 0 Å². The molecule has 1 aromatic carbocycles. The SMILES string of the molecule is Cc1ccccc1C(C)(C)[O]. The van der Waals surface area contributed by atoms with E-state index in [1.54, 1.807) is 13.8 Å². The third-order valence-electron chi connectivity index (χ3n) is 1.79. The normalized spacial score (nSPS) is 11.6. The molecule has 0 aliphatic rings. The second kappa shape index (κ2) is 2.67. The average Bonchev–Trinajstić information content (AvgIpc) is 1.86. The Kier molecular flexibility index (Phi) is 2.01. The largest absolute Gasteiger partial charge is 0.225 e. The molecular weight excluding hydrogens is 136 g/mol. The Morgan fingerprint density at radius 2 is 1.73 bits per heavy atom. The standard InChI is InChI=1S/C10H13O/c1-8-6-4-5-7-9(8)10(2,3)11/h4-7H,1-3H3. The van der Waals surface area contributed by atoms with E-state index in [0.29, 0.717) is 0 Å². The molecule has 0 saturated heterocycles. The van der Waals surface area contributed by atoms with Crippen molar-refractivity contribution in [3.63, 3.8) is 0 Å². The van der Waals surface area contributed by atoms with Crippen LogP contribution in [0.15, 0.2) is 24.3 Å². The van der Waals surface area contributed by atoms with Crippen LogP contribution in [-0.2, 0) is 10.7 Å². The van der Waals surface area contributed by atoms with Gasteiger partial charge in [-0.15, -0.1) is 0 Å². The van der Waals surface area contributed by atoms with Crippen LogP contribution in [-0.4, -0.2) is 0 Å². The van der Waals surface area contributed by atoms with Gasteiger partial charge in [-0.3, -0.25) is 0 Å². The van der Waals surface area contributed by atoms with E-state index in [1.165, 1.54) is 0 Å². The van der Waals surface area contributed by atoms with Crippen molar-refractivity contribution in [3.8, 4) is 0 Å². The van der Waals surface area contributed by atoms with Gasteiger partial charge in [-0.25, -0.2) is 5.11 Å². The van der Waals surface area contributed by atoms with Crippen molar-refractivity contribution >= 4 is 0 Å². The monoisotopic (exact) mass is 149 g/mol. The Morgan fingerprint density at radius 3 is 2.09 bits per heavy atom. The first-order valence-corrected chi connectivity index (χ1v) is 3.78. The van der Waals surface area contributed by atoms with Gasteiger partial charge in [0, 0.05) is 0 Å². The van der Waals surface area contributed by atoms with Crippen molar-refractivity contribution in [2.24, 2.45) is 0 Å². The number of hydrogen-bond acceptors (Lipinski definition) is 0. The minimum atomic E-state index is -0.967. The summed E-state index contributed by atoms with van der Waals surface area (Å²) >= 11 is 0. The molecule has 0 N–H and O–H groups in total. The van der Waals surface area contributed by atoms with E-state index in [9.17, 15) is 5.11 Å². The lowest BCUT2D eigenvalue weighted by Crippen LogP contribution is -2.14. The molecule has 1 nitrogen and oxygen atoms in total. The van der Waals surface area contributed by atoms with E-state index in [2.05, 4.69) is 0 Å². The fourth-order valence-electron chi connectivity index (χ4n) is 1.25. The number of rotatable bonds is 1. The van der Waals surface area contributed by atoms with Crippen LogP contribution in [0.3, 0.4) is 0 Å². The van der Waals surface area contributed by atoms with Crippen molar-refractivity contribution in [2.75, 3.05) is 0 Å². The highest BCUT2D eigenvalue weighted by molar-refractivity contribution is 5.29. The molecule has 11 heavy (non-hydrogen) atoms. The smallest absolute Gasteiger partial charge is 0.123 e. The first kappa shape index (κ1) is 8.28. The highest BCUT2D eigenvalue weighted by Gasteiger charge is 2.19. The van der Waals surface area contributed by atoms with Crippen LogP contribution >= 0.6 is 0 Å². The lowest BCUT2D eigenvalue weighted by molar-refractivity contribution is -0.000611. The van der Waals surface area contributed by atoms with Crippen LogP contribution in [0.1, 0.15) is 25.0 Å². The zero-order chi connectivity index (χ0) is 8.48. The zero-order valence-corrected chi connectivity index (χ0v) is 7.22. The van der Waals surface area contributed by atoms with Crippen molar-refractivity contribution in [3.05, 3.63) is 35.4 Å². The minimum Gasteiger partial charge on any atom is -0.225 e. The van der Waals surface area contributed by atoms with E-state index in [1.807, 2.05) is 31.2 Å². The Balaban J connectivity index is 3.14. The molecule has 0 amide bonds. The van der Waals surface area contributed by atoms with Gasteiger partial charge in [0.15, 0.2) is 0 Å². The lowest BCUT2D eigenvalue weighted by Gasteiger charge is -2.16. The van der Waals surface area contributed by atoms with Gasteiger partial charge in [-0.1, -0.05) is 24.3 Å². The van der Waals surface area contributed by atoms with Crippen LogP contribution in [0.25, 0.3) is 0 Å². The molecule has 0 heterocycles. The highest BCUT2D eigenvalue weighted by atomic mass is 16.3. The summed E-state index contributed by atoms with van der Waals surface area (Å²) in [6, 6.07) is 7.71. The Bertz CT molecular complexity index is 245. The van der Waals surface area contributed by atoms with Crippen LogP contribution in [0.5, 0.6) is 0 Å². The third-order valence-corrected chi connectivity index (χ3v) is 1.79. The topological polar surface area (TPSA) is 19.9 Å². The van der Waals surface area contributed by atoms with Gasteiger partial charge < -0.3 is 0 Å². The predicted molar refractivity (Wildman–Crippen MR) is 44.9 cm³/mol. The van der Waals surface area contributed by atoms with Crippen molar-refractivity contribution in [1.29, 1.82) is 0 Å². The maximum Gasteiger partial charge on any atom is 0.123 e. The molecule has 1 radical (unpaired) electrons. The Hall–Kier alpha value is -0.820. The van der Waals surface area contributed by atoms with Gasteiger partial charge in [-0.05, 0) is 31.9 Å². The lowest BCUT2D eigenvalue weighted by atomic mass is 9.94. The maximum absolute atomic E-state index is 11.5. The molecule has 0 aliphatic heterocycles. The summed E-state index contributed by atoms with van der Waals surface area (Å²) in [5.74, 6) is 0. The van der Waals surface area contributed by atoms with Crippen molar-refractivity contribution < 1.29 is 5.11 Å². The molecule has 59 valence electrons. The fraction of sp³-hybridized carbons (Fsp3) is 0.400. The second-order valence-electron chi connectivity index (χ2n) is 3.33. The molecule has 1 heteroatoms. The molecule has 0 aliphatic carbocycles. The van der Waals surface area contributed by atoms with Gasteiger partial charge in [0.1, 0.15) is 5.60 Å². The molecule has 0 saturated carbocycles. The molecule has 0 bridgehead atoms. The maximum atomic E-state index is 11.5. The summed E-state index contributed by atoms with van der Waals surface area (Å²) < 4.78 is 0. The first-order chi connectivity index (χ1) is 5.02. The summed E-state index contributed by atoms with van der Waals surface area (Å²) in [6.45, 7) is 5.35. The van der Waals surface area contributed by atoms with E-state index < -0.39 is 5.60 Å². The fourth-order valence-corrected chi connectivity index (χ4v) is 1.25. The summed E-state index contributed by atoms with van der Waals surface area (Å²) in [6.07, 6.45) is 0. The molecule has 1 aromatic rings. The van der Waals surface area contributed by atoms with E-state index in [-0.39, 0.29) is 0 Å². The molecule has 0 spiro atoms. The quantitative estimate of drug-likeness (QED) is 0.585. The number of aryl methyl sites for hydroxylation is 1. The number of hydrogen-bond donors (Lipinski definition) is 0. The van der Waals surface area contributed by atoms with E-state index in [0.717, 1.165) is 11.1 Å². The molecule has 0 aromatic heterocycles. The van der Waals surface area contributed by atoms with Crippen LogP contribution in [0.4, 0.5) is 0 Å². The molecular formula is C10H13O. The first-order valence-electron chi connectivity index (χ1n) is 3.78. The van der Waals surface area contributed by atoms with E-state index in [4.69, 9.17) is 0 Å². The Morgan fingerprint density at radius 1 is 1.18 bits per heavy atom. The highest BCUT2D eigenvalue weighted by Crippen LogP contribution is 2.22. The van der Waals surface area contributed by atoms with Crippen LogP contribution in [0.2, 0.25) is 0 Å². The van der Waals surface area contributed by atoms with Crippen molar-refractivity contribution in [1.82, 2.24) is 0 Å². The molecule has 1 rings (SSSR count). The molecule has 0 atom stereocenters. The molecule has 0 fully saturated rings.